The number of likely N-dealkylation sites (tertiary alicyclic amines) is 1. The van der Waals surface area contributed by atoms with Crippen molar-refractivity contribution in [3.63, 3.8) is 0 Å². The van der Waals surface area contributed by atoms with E-state index in [-0.39, 0.29) is 28.4 Å². The maximum atomic E-state index is 13.2. The third kappa shape index (κ3) is 6.04. The Labute approximate surface area is 198 Å². The van der Waals surface area contributed by atoms with Gasteiger partial charge >= 0.3 is 12.1 Å². The Kier molecular flexibility index (Phi) is 7.92. The summed E-state index contributed by atoms with van der Waals surface area (Å²) in [6, 6.07) is 4.95. The average Bonchev–Trinajstić information content (AvgIpc) is 2.73. The zero-order chi connectivity index (χ0) is 23.5. The molecule has 0 bridgehead atoms. The lowest BCUT2D eigenvalue weighted by atomic mass is 9.68. The van der Waals surface area contributed by atoms with Crippen molar-refractivity contribution in [2.75, 3.05) is 19.7 Å². The number of amides is 1. The minimum atomic E-state index is -1.17. The number of halogens is 1. The molecule has 1 aromatic rings. The predicted molar refractivity (Wildman–Crippen MR) is 126 cm³/mol. The van der Waals surface area contributed by atoms with Crippen LogP contribution in [0.4, 0.5) is 4.79 Å². The van der Waals surface area contributed by atoms with Crippen LogP contribution in [0.5, 0.6) is 0 Å². The van der Waals surface area contributed by atoms with Gasteiger partial charge in [0.25, 0.3) is 0 Å². The predicted octanol–water partition coefficient (Wildman–Crippen LogP) is 5.58. The Morgan fingerprint density at radius 2 is 1.78 bits per heavy atom. The fourth-order valence-corrected chi connectivity index (χ4v) is 6.40. The smallest absolute Gasteiger partial charge is 0.410 e. The largest absolute Gasteiger partial charge is 0.462 e. The molecule has 1 atom stereocenters. The van der Waals surface area contributed by atoms with E-state index in [0.717, 1.165) is 38.5 Å². The molecule has 8 heteroatoms. The summed E-state index contributed by atoms with van der Waals surface area (Å²) >= 11 is 6.26. The van der Waals surface area contributed by atoms with E-state index in [1.165, 1.54) is 0 Å². The fraction of sp³-hybridized carbons (Fsp3) is 0.667. The van der Waals surface area contributed by atoms with Gasteiger partial charge in [0.15, 0.2) is 0 Å². The molecule has 3 rings (SSSR count). The minimum absolute atomic E-state index is 0.0778. The van der Waals surface area contributed by atoms with Crippen molar-refractivity contribution in [2.24, 2.45) is 5.41 Å². The van der Waals surface area contributed by atoms with E-state index in [2.05, 4.69) is 0 Å². The molecule has 2 fully saturated rings. The molecule has 32 heavy (non-hydrogen) atoms. The summed E-state index contributed by atoms with van der Waals surface area (Å²) in [7, 11) is -1.17. The van der Waals surface area contributed by atoms with Gasteiger partial charge in [0.05, 0.1) is 28.0 Å². The number of carbonyl (C=O) groups excluding carboxylic acids is 2. The SMILES string of the molecule is CCOC(=O)c1ccc(S(=O)C2CCC3(CC2)CCN(C(=O)OC(C)(C)C)CC3)cc1Cl. The van der Waals surface area contributed by atoms with E-state index in [9.17, 15) is 13.8 Å². The monoisotopic (exact) mass is 483 g/mol. The quantitative estimate of drug-likeness (QED) is 0.522. The Bertz CT molecular complexity index is 864. The number of hydrogen-bond donors (Lipinski definition) is 0. The highest BCUT2D eigenvalue weighted by Gasteiger charge is 2.41. The van der Waals surface area contributed by atoms with Gasteiger partial charge in [-0.05, 0) is 89.8 Å². The Morgan fingerprint density at radius 3 is 2.31 bits per heavy atom. The number of rotatable bonds is 4. The number of ether oxygens (including phenoxy) is 2. The second-order valence-corrected chi connectivity index (χ2v) is 12.0. The van der Waals surface area contributed by atoms with Crippen LogP contribution in [0.3, 0.4) is 0 Å². The Balaban J connectivity index is 1.55. The van der Waals surface area contributed by atoms with Crippen LogP contribution in [0, 0.1) is 5.41 Å². The Hall–Kier alpha value is -1.60. The number of carbonyl (C=O) groups is 2. The molecule has 1 saturated carbocycles. The molecule has 1 aliphatic carbocycles. The number of hydrogen-bond acceptors (Lipinski definition) is 5. The van der Waals surface area contributed by atoms with Gasteiger partial charge < -0.3 is 14.4 Å². The summed E-state index contributed by atoms with van der Waals surface area (Å²) in [5, 5.41) is 0.352. The maximum absolute atomic E-state index is 13.2. The lowest BCUT2D eigenvalue weighted by Crippen LogP contribution is -2.46. The lowest BCUT2D eigenvalue weighted by molar-refractivity contribution is 0.00471. The van der Waals surface area contributed by atoms with Crippen LogP contribution < -0.4 is 0 Å². The minimum Gasteiger partial charge on any atom is -0.462 e. The Morgan fingerprint density at radius 1 is 1.16 bits per heavy atom. The molecule has 6 nitrogen and oxygen atoms in total. The number of benzene rings is 1. The van der Waals surface area contributed by atoms with E-state index in [4.69, 9.17) is 21.1 Å². The van der Waals surface area contributed by atoms with E-state index < -0.39 is 22.4 Å². The zero-order valence-corrected chi connectivity index (χ0v) is 21.0. The first-order chi connectivity index (χ1) is 15.0. The van der Waals surface area contributed by atoms with Gasteiger partial charge in [-0.1, -0.05) is 11.6 Å². The lowest BCUT2D eigenvalue weighted by Gasteiger charge is -2.45. The molecule has 0 N–H and O–H groups in total. The summed E-state index contributed by atoms with van der Waals surface area (Å²) < 4.78 is 23.7. The van der Waals surface area contributed by atoms with Crippen molar-refractivity contribution in [3.8, 4) is 0 Å². The standard InChI is InChI=1S/C24H34ClNO5S/c1-5-30-21(27)19-7-6-18(16-20(19)25)32(29)17-8-10-24(11-9-17)12-14-26(15-13-24)22(28)31-23(2,3)4/h6-7,16-17H,5,8-15H2,1-4H3. The van der Waals surface area contributed by atoms with Crippen molar-refractivity contribution in [3.05, 3.63) is 28.8 Å². The third-order valence-corrected chi connectivity index (χ3v) is 8.55. The summed E-state index contributed by atoms with van der Waals surface area (Å²) in [4.78, 5) is 26.7. The van der Waals surface area contributed by atoms with Crippen molar-refractivity contribution in [1.29, 1.82) is 0 Å². The molecule has 0 radical (unpaired) electrons. The van der Waals surface area contributed by atoms with Crippen LogP contribution >= 0.6 is 11.6 Å². The maximum Gasteiger partial charge on any atom is 0.410 e. The summed E-state index contributed by atoms with van der Waals surface area (Å²) in [6.45, 7) is 9.11. The van der Waals surface area contributed by atoms with E-state index >= 15 is 0 Å². The van der Waals surface area contributed by atoms with Crippen molar-refractivity contribution in [2.45, 2.75) is 82.0 Å². The number of piperidine rings is 1. The van der Waals surface area contributed by atoms with Gasteiger partial charge in [0.2, 0.25) is 0 Å². The first-order valence-electron chi connectivity index (χ1n) is 11.4. The van der Waals surface area contributed by atoms with Crippen LogP contribution in [0.1, 0.15) is 76.6 Å². The van der Waals surface area contributed by atoms with Crippen LogP contribution in [-0.2, 0) is 20.3 Å². The molecule has 0 aromatic heterocycles. The molecule has 1 aromatic carbocycles. The molecule has 2 aliphatic rings. The molecular formula is C24H34ClNO5S. The molecule has 1 unspecified atom stereocenters. The van der Waals surface area contributed by atoms with Crippen molar-refractivity contribution < 1.29 is 23.3 Å². The highest BCUT2D eigenvalue weighted by molar-refractivity contribution is 7.85. The van der Waals surface area contributed by atoms with Gasteiger partial charge in [-0.15, -0.1) is 0 Å². The first-order valence-corrected chi connectivity index (χ1v) is 13.0. The third-order valence-electron chi connectivity index (χ3n) is 6.44. The van der Waals surface area contributed by atoms with Crippen LogP contribution in [-0.4, -0.2) is 51.7 Å². The fourth-order valence-electron chi connectivity index (χ4n) is 4.60. The second-order valence-electron chi connectivity index (χ2n) is 9.83. The van der Waals surface area contributed by atoms with Gasteiger partial charge in [0, 0.05) is 23.2 Å². The average molecular weight is 484 g/mol. The van der Waals surface area contributed by atoms with Gasteiger partial charge in [-0.3, -0.25) is 4.21 Å². The molecule has 1 saturated heterocycles. The number of nitrogens with zero attached hydrogens (tertiary/aromatic N) is 1. The molecule has 1 heterocycles. The molecule has 178 valence electrons. The van der Waals surface area contributed by atoms with Gasteiger partial charge in [0.1, 0.15) is 5.60 Å². The van der Waals surface area contributed by atoms with Crippen LogP contribution in [0.25, 0.3) is 0 Å². The van der Waals surface area contributed by atoms with Crippen LogP contribution in [0.15, 0.2) is 23.1 Å². The summed E-state index contributed by atoms with van der Waals surface area (Å²) in [5.41, 5.74) is 0.0460. The summed E-state index contributed by atoms with van der Waals surface area (Å²) in [5.74, 6) is -0.466. The second kappa shape index (κ2) is 10.1. The molecule has 1 spiro atoms. The molecular weight excluding hydrogens is 450 g/mol. The normalized spacial score (nSPS) is 20.1. The van der Waals surface area contributed by atoms with E-state index in [1.54, 1.807) is 25.1 Å². The number of esters is 1. The van der Waals surface area contributed by atoms with Crippen LogP contribution in [0.2, 0.25) is 5.02 Å². The summed E-state index contributed by atoms with van der Waals surface area (Å²) in [6.07, 6.45) is 5.50. The molecule has 1 aliphatic heterocycles. The van der Waals surface area contributed by atoms with E-state index in [0.29, 0.717) is 23.5 Å². The van der Waals surface area contributed by atoms with E-state index in [1.807, 2.05) is 25.7 Å². The van der Waals surface area contributed by atoms with Crippen molar-refractivity contribution in [1.82, 2.24) is 4.90 Å². The zero-order valence-electron chi connectivity index (χ0n) is 19.4. The van der Waals surface area contributed by atoms with Crippen molar-refractivity contribution >= 4 is 34.5 Å². The van der Waals surface area contributed by atoms with Gasteiger partial charge in [-0.25, -0.2) is 9.59 Å². The van der Waals surface area contributed by atoms with Gasteiger partial charge in [-0.2, -0.15) is 0 Å². The molecule has 1 amide bonds. The topological polar surface area (TPSA) is 72.9 Å². The highest BCUT2D eigenvalue weighted by atomic mass is 35.5. The first kappa shape index (κ1) is 25.0. The highest BCUT2D eigenvalue weighted by Crippen LogP contribution is 2.46.